The third kappa shape index (κ3) is 3.98. The molecule has 0 radical (unpaired) electrons. The van der Waals surface area contributed by atoms with E-state index in [2.05, 4.69) is 15.6 Å². The van der Waals surface area contributed by atoms with Crippen molar-refractivity contribution < 1.29 is 18.7 Å². The molecule has 0 fully saturated rings. The molecule has 4 rings (SSSR count). The Hall–Kier alpha value is -3.61. The van der Waals surface area contributed by atoms with Gasteiger partial charge in [0, 0.05) is 12.2 Å². The molecule has 0 saturated carbocycles. The maximum atomic E-state index is 12.9. The van der Waals surface area contributed by atoms with Crippen molar-refractivity contribution >= 4 is 17.3 Å². The van der Waals surface area contributed by atoms with Crippen LogP contribution in [0.2, 0.25) is 0 Å². The first-order valence-corrected chi connectivity index (χ1v) is 8.33. The number of benzene rings is 2. The highest BCUT2D eigenvalue weighted by molar-refractivity contribution is 5.92. The van der Waals surface area contributed by atoms with Crippen molar-refractivity contribution in [1.82, 2.24) is 10.3 Å². The molecular formula is C20H16FN3O3. The first-order valence-electron chi connectivity index (χ1n) is 8.33. The lowest BCUT2D eigenvalue weighted by Crippen LogP contribution is -2.23. The molecule has 0 unspecified atom stereocenters. The van der Waals surface area contributed by atoms with Crippen LogP contribution in [0, 0.1) is 5.82 Å². The number of carbonyl (C=O) groups is 1. The molecule has 0 aliphatic carbocycles. The number of hydrogen-bond donors (Lipinski definition) is 2. The number of halogens is 1. The SMILES string of the molecule is O=C(NCc1ccc2c(c1)OCO2)c1ccc(Nc2ccc(F)cc2)cn1. The largest absolute Gasteiger partial charge is 0.454 e. The van der Waals surface area contributed by atoms with Gasteiger partial charge in [-0.05, 0) is 54.1 Å². The van der Waals surface area contributed by atoms with Crippen LogP contribution in [0.4, 0.5) is 15.8 Å². The average Bonchev–Trinajstić information content (AvgIpc) is 3.16. The first kappa shape index (κ1) is 16.8. The van der Waals surface area contributed by atoms with Crippen molar-refractivity contribution in [3.63, 3.8) is 0 Å². The third-order valence-corrected chi connectivity index (χ3v) is 4.02. The van der Waals surface area contributed by atoms with Crippen LogP contribution in [-0.2, 0) is 6.54 Å². The quantitative estimate of drug-likeness (QED) is 0.722. The van der Waals surface area contributed by atoms with Crippen LogP contribution in [0.1, 0.15) is 16.1 Å². The zero-order valence-corrected chi connectivity index (χ0v) is 14.2. The van der Waals surface area contributed by atoms with Gasteiger partial charge >= 0.3 is 0 Å². The second-order valence-electron chi connectivity index (χ2n) is 5.93. The molecule has 2 heterocycles. The maximum Gasteiger partial charge on any atom is 0.270 e. The van der Waals surface area contributed by atoms with Gasteiger partial charge in [-0.25, -0.2) is 9.37 Å². The van der Waals surface area contributed by atoms with E-state index in [0.717, 1.165) is 11.3 Å². The summed E-state index contributed by atoms with van der Waals surface area (Å²) in [6, 6.07) is 14.9. The lowest BCUT2D eigenvalue weighted by Gasteiger charge is -2.08. The Morgan fingerprint density at radius 2 is 1.78 bits per heavy atom. The molecule has 3 aromatic rings. The minimum absolute atomic E-state index is 0.216. The Morgan fingerprint density at radius 1 is 1.00 bits per heavy atom. The van der Waals surface area contributed by atoms with Gasteiger partial charge < -0.3 is 20.1 Å². The summed E-state index contributed by atoms with van der Waals surface area (Å²) in [7, 11) is 0. The van der Waals surface area contributed by atoms with Gasteiger partial charge in [0.1, 0.15) is 11.5 Å². The molecule has 7 heteroatoms. The van der Waals surface area contributed by atoms with E-state index in [-0.39, 0.29) is 18.5 Å². The molecule has 0 atom stereocenters. The maximum absolute atomic E-state index is 12.9. The van der Waals surface area contributed by atoms with Gasteiger partial charge in [-0.3, -0.25) is 4.79 Å². The highest BCUT2D eigenvalue weighted by Crippen LogP contribution is 2.32. The molecule has 1 amide bonds. The van der Waals surface area contributed by atoms with Gasteiger partial charge in [0.2, 0.25) is 6.79 Å². The summed E-state index contributed by atoms with van der Waals surface area (Å²) in [6.45, 7) is 0.570. The highest BCUT2D eigenvalue weighted by Gasteiger charge is 2.14. The topological polar surface area (TPSA) is 72.5 Å². The number of carbonyl (C=O) groups excluding carboxylic acids is 1. The summed E-state index contributed by atoms with van der Waals surface area (Å²) in [5.41, 5.74) is 2.65. The van der Waals surface area contributed by atoms with Gasteiger partial charge in [-0.2, -0.15) is 0 Å². The number of aromatic nitrogens is 1. The number of anilines is 2. The highest BCUT2D eigenvalue weighted by atomic mass is 19.1. The van der Waals surface area contributed by atoms with Gasteiger partial charge in [0.25, 0.3) is 5.91 Å². The van der Waals surface area contributed by atoms with Crippen LogP contribution >= 0.6 is 0 Å². The van der Waals surface area contributed by atoms with Crippen molar-refractivity contribution in [3.8, 4) is 11.5 Å². The molecule has 1 aliphatic rings. The molecule has 0 bridgehead atoms. The zero-order valence-electron chi connectivity index (χ0n) is 14.2. The molecule has 0 spiro atoms. The summed E-state index contributed by atoms with van der Waals surface area (Å²) in [5, 5.41) is 5.91. The lowest BCUT2D eigenvalue weighted by atomic mass is 10.2. The fourth-order valence-electron chi connectivity index (χ4n) is 2.63. The van der Waals surface area contributed by atoms with Crippen LogP contribution in [0.5, 0.6) is 11.5 Å². The summed E-state index contributed by atoms with van der Waals surface area (Å²) in [4.78, 5) is 16.4. The van der Waals surface area contributed by atoms with E-state index >= 15 is 0 Å². The number of hydrogen-bond acceptors (Lipinski definition) is 5. The Balaban J connectivity index is 1.35. The molecule has 136 valence electrons. The molecule has 2 aromatic carbocycles. The minimum Gasteiger partial charge on any atom is -0.454 e. The van der Waals surface area contributed by atoms with Gasteiger partial charge in [0.05, 0.1) is 11.9 Å². The fraction of sp³-hybridized carbons (Fsp3) is 0.100. The standard InChI is InChI=1S/C20H16FN3O3/c21-14-2-4-15(5-3-14)24-16-6-7-17(22-11-16)20(25)23-10-13-1-8-18-19(9-13)27-12-26-18/h1-9,11,24H,10,12H2,(H,23,25). The number of rotatable bonds is 5. The van der Waals surface area contributed by atoms with Crippen LogP contribution in [0.15, 0.2) is 60.8 Å². The molecule has 1 aromatic heterocycles. The Kier molecular flexibility index (Phi) is 4.57. The van der Waals surface area contributed by atoms with Crippen LogP contribution in [0.25, 0.3) is 0 Å². The zero-order chi connectivity index (χ0) is 18.6. The number of ether oxygens (including phenoxy) is 2. The van der Waals surface area contributed by atoms with Crippen LogP contribution < -0.4 is 20.1 Å². The summed E-state index contributed by atoms with van der Waals surface area (Å²) < 4.78 is 23.5. The van der Waals surface area contributed by atoms with E-state index in [9.17, 15) is 9.18 Å². The third-order valence-electron chi connectivity index (χ3n) is 4.02. The molecule has 27 heavy (non-hydrogen) atoms. The van der Waals surface area contributed by atoms with Crippen molar-refractivity contribution in [2.24, 2.45) is 0 Å². The van der Waals surface area contributed by atoms with E-state index in [1.54, 1.807) is 30.5 Å². The number of nitrogens with one attached hydrogen (secondary N) is 2. The van der Waals surface area contributed by atoms with Gasteiger partial charge in [0.15, 0.2) is 11.5 Å². The van der Waals surface area contributed by atoms with E-state index in [0.29, 0.717) is 29.4 Å². The number of fused-ring (bicyclic) bond motifs is 1. The summed E-state index contributed by atoms with van der Waals surface area (Å²) >= 11 is 0. The second-order valence-corrected chi connectivity index (χ2v) is 5.93. The molecular weight excluding hydrogens is 349 g/mol. The second kappa shape index (κ2) is 7.33. The minimum atomic E-state index is -0.298. The van der Waals surface area contributed by atoms with E-state index in [4.69, 9.17) is 9.47 Å². The molecule has 1 aliphatic heterocycles. The van der Waals surface area contributed by atoms with Crippen molar-refractivity contribution in [2.45, 2.75) is 6.54 Å². The van der Waals surface area contributed by atoms with Gasteiger partial charge in [-0.15, -0.1) is 0 Å². The summed E-state index contributed by atoms with van der Waals surface area (Å²) in [5.74, 6) is 0.807. The Labute approximate surface area is 155 Å². The summed E-state index contributed by atoms with van der Waals surface area (Å²) in [6.07, 6.45) is 1.55. The van der Waals surface area contributed by atoms with Crippen LogP contribution in [0.3, 0.4) is 0 Å². The van der Waals surface area contributed by atoms with E-state index < -0.39 is 0 Å². The molecule has 2 N–H and O–H groups in total. The monoisotopic (exact) mass is 365 g/mol. The smallest absolute Gasteiger partial charge is 0.270 e. The van der Waals surface area contributed by atoms with Crippen LogP contribution in [-0.4, -0.2) is 17.7 Å². The fourth-order valence-corrected chi connectivity index (χ4v) is 2.63. The number of nitrogens with zero attached hydrogens (tertiary/aromatic N) is 1. The average molecular weight is 365 g/mol. The predicted molar refractivity (Wildman–Crippen MR) is 97.7 cm³/mol. The Morgan fingerprint density at radius 3 is 2.56 bits per heavy atom. The molecule has 6 nitrogen and oxygen atoms in total. The van der Waals surface area contributed by atoms with Crippen molar-refractivity contribution in [3.05, 3.63) is 77.9 Å². The van der Waals surface area contributed by atoms with Crippen molar-refractivity contribution in [2.75, 3.05) is 12.1 Å². The number of pyridine rings is 1. The predicted octanol–water partition coefficient (Wildman–Crippen LogP) is 3.62. The normalized spacial score (nSPS) is 11.9. The van der Waals surface area contributed by atoms with E-state index in [1.165, 1.54) is 12.1 Å². The van der Waals surface area contributed by atoms with Crippen molar-refractivity contribution in [1.29, 1.82) is 0 Å². The van der Waals surface area contributed by atoms with E-state index in [1.807, 2.05) is 18.2 Å². The first-order chi connectivity index (χ1) is 13.2. The molecule has 0 saturated heterocycles. The Bertz CT molecular complexity index is 959. The number of amides is 1. The lowest BCUT2D eigenvalue weighted by molar-refractivity contribution is 0.0946. The van der Waals surface area contributed by atoms with Gasteiger partial charge in [-0.1, -0.05) is 6.07 Å².